The van der Waals surface area contributed by atoms with E-state index in [1.165, 1.54) is 0 Å². The van der Waals surface area contributed by atoms with Gasteiger partial charge in [0.05, 0.1) is 12.1 Å². The molecule has 1 amide bonds. The number of amides is 1. The largest absolute Gasteiger partial charge is 0.444 e. The van der Waals surface area contributed by atoms with Gasteiger partial charge in [0.1, 0.15) is 24.2 Å². The van der Waals surface area contributed by atoms with Crippen molar-refractivity contribution in [3.63, 3.8) is 0 Å². The van der Waals surface area contributed by atoms with Crippen LogP contribution in [0, 0.1) is 0 Å². The Morgan fingerprint density at radius 3 is 2.58 bits per heavy atom. The number of aromatic nitrogens is 3. The highest BCUT2D eigenvalue weighted by atomic mass is 127. The van der Waals surface area contributed by atoms with Crippen LogP contribution in [0.3, 0.4) is 0 Å². The number of aliphatic imine (C=N–C) groups is 1. The Hall–Kier alpha value is -1.63. The predicted octanol–water partition coefficient (Wildman–Crippen LogP) is 2.73. The molecule has 1 fully saturated rings. The minimum atomic E-state index is -0.763. The van der Waals surface area contributed by atoms with Crippen LogP contribution in [0.15, 0.2) is 11.3 Å². The molecule has 0 saturated carbocycles. The van der Waals surface area contributed by atoms with E-state index in [0.717, 1.165) is 12.4 Å². The average Bonchev–Trinajstić information content (AvgIpc) is 3.16. The van der Waals surface area contributed by atoms with Gasteiger partial charge in [0.2, 0.25) is 0 Å². The predicted molar refractivity (Wildman–Crippen MR) is 130 cm³/mol. The molecule has 1 aromatic rings. The van der Waals surface area contributed by atoms with E-state index in [9.17, 15) is 4.79 Å². The zero-order valence-corrected chi connectivity index (χ0v) is 22.3. The molecule has 2 rings (SSSR count). The van der Waals surface area contributed by atoms with Crippen molar-refractivity contribution in [3.05, 3.63) is 12.2 Å². The monoisotopic (exact) mass is 551 g/mol. The number of halogens is 1. The minimum Gasteiger partial charge on any atom is -0.444 e. The van der Waals surface area contributed by atoms with Gasteiger partial charge in [-0.1, -0.05) is 0 Å². The third-order valence-corrected chi connectivity index (χ3v) is 4.76. The molecule has 2 atom stereocenters. The smallest absolute Gasteiger partial charge is 0.412 e. The lowest BCUT2D eigenvalue weighted by Gasteiger charge is -2.35. The van der Waals surface area contributed by atoms with Gasteiger partial charge in [-0.15, -0.1) is 34.2 Å². The molecule has 1 aliphatic heterocycles. The SMILES string of the molecule is CCNC(=NCc1nncn1CC)NCC1C(C)OC(C)(C)N1C(=O)OC(C)(C)C.I. The summed E-state index contributed by atoms with van der Waals surface area (Å²) >= 11 is 0. The highest BCUT2D eigenvalue weighted by molar-refractivity contribution is 14.0. The van der Waals surface area contributed by atoms with Gasteiger partial charge in [-0.25, -0.2) is 9.79 Å². The zero-order valence-electron chi connectivity index (χ0n) is 19.9. The van der Waals surface area contributed by atoms with Gasteiger partial charge < -0.3 is 24.7 Å². The van der Waals surface area contributed by atoms with Crippen molar-refractivity contribution in [1.82, 2.24) is 30.3 Å². The number of hydrogen-bond acceptors (Lipinski definition) is 6. The first-order chi connectivity index (χ1) is 14.0. The van der Waals surface area contributed by atoms with Crippen molar-refractivity contribution in [2.75, 3.05) is 13.1 Å². The van der Waals surface area contributed by atoms with Crippen LogP contribution in [0.5, 0.6) is 0 Å². The molecule has 1 saturated heterocycles. The first-order valence-corrected chi connectivity index (χ1v) is 10.6. The Morgan fingerprint density at radius 1 is 1.32 bits per heavy atom. The van der Waals surface area contributed by atoms with Crippen molar-refractivity contribution >= 4 is 36.0 Å². The molecular weight excluding hydrogens is 513 g/mol. The van der Waals surface area contributed by atoms with Crippen LogP contribution in [0.1, 0.15) is 61.2 Å². The summed E-state index contributed by atoms with van der Waals surface area (Å²) in [6.07, 6.45) is 1.15. The Morgan fingerprint density at radius 2 is 2.00 bits per heavy atom. The van der Waals surface area contributed by atoms with E-state index in [1.54, 1.807) is 11.2 Å². The van der Waals surface area contributed by atoms with Crippen LogP contribution in [0.4, 0.5) is 4.79 Å². The van der Waals surface area contributed by atoms with Gasteiger partial charge in [-0.2, -0.15) is 0 Å². The van der Waals surface area contributed by atoms with E-state index in [1.807, 2.05) is 60.0 Å². The van der Waals surface area contributed by atoms with Gasteiger partial charge in [-0.3, -0.25) is 4.90 Å². The lowest BCUT2D eigenvalue weighted by molar-refractivity contribution is -0.0755. The molecule has 10 nitrogen and oxygen atoms in total. The maximum absolute atomic E-state index is 12.9. The van der Waals surface area contributed by atoms with E-state index >= 15 is 0 Å². The summed E-state index contributed by atoms with van der Waals surface area (Å²) in [6, 6.07) is -0.210. The molecule has 0 spiro atoms. The number of aryl methyl sites for hydroxylation is 1. The Kier molecular flexibility index (Phi) is 9.99. The summed E-state index contributed by atoms with van der Waals surface area (Å²) in [4.78, 5) is 19.2. The second-order valence-corrected chi connectivity index (χ2v) is 8.80. The van der Waals surface area contributed by atoms with Crippen LogP contribution in [-0.2, 0) is 22.6 Å². The summed E-state index contributed by atoms with van der Waals surface area (Å²) in [5.74, 6) is 1.44. The van der Waals surface area contributed by atoms with E-state index in [-0.39, 0.29) is 42.2 Å². The fourth-order valence-corrected chi connectivity index (χ4v) is 3.48. The molecule has 1 aliphatic rings. The van der Waals surface area contributed by atoms with Crippen LogP contribution in [-0.4, -0.2) is 68.3 Å². The molecule has 178 valence electrons. The maximum atomic E-state index is 12.9. The van der Waals surface area contributed by atoms with Gasteiger partial charge in [0.15, 0.2) is 11.8 Å². The standard InChI is InChI=1S/C20H37N7O3.HI/c1-9-21-17(23-12-16-25-24-13-26(16)10-2)22-11-15-14(3)29-20(7,8)27(15)18(28)30-19(4,5)6;/h13-15H,9-12H2,1-8H3,(H2,21,22,23);1H. The third-order valence-electron chi connectivity index (χ3n) is 4.76. The first kappa shape index (κ1) is 27.4. The normalized spacial score (nSPS) is 20.9. The van der Waals surface area contributed by atoms with Crippen LogP contribution in [0.2, 0.25) is 0 Å². The molecule has 0 radical (unpaired) electrons. The summed E-state index contributed by atoms with van der Waals surface area (Å²) < 4.78 is 13.6. The quantitative estimate of drug-likeness (QED) is 0.318. The molecule has 11 heteroatoms. The molecule has 2 unspecified atom stereocenters. The molecule has 2 N–H and O–H groups in total. The molecule has 1 aromatic heterocycles. The Balaban J connectivity index is 0.00000480. The Bertz CT molecular complexity index is 745. The van der Waals surface area contributed by atoms with Gasteiger partial charge in [-0.05, 0) is 55.4 Å². The topological polar surface area (TPSA) is 106 Å². The molecule has 31 heavy (non-hydrogen) atoms. The van der Waals surface area contributed by atoms with Gasteiger partial charge in [0.25, 0.3) is 0 Å². The zero-order chi connectivity index (χ0) is 22.5. The number of nitrogens with one attached hydrogen (secondary N) is 2. The van der Waals surface area contributed by atoms with E-state index < -0.39 is 11.3 Å². The van der Waals surface area contributed by atoms with Gasteiger partial charge >= 0.3 is 6.09 Å². The average molecular weight is 551 g/mol. The molecule has 0 aromatic carbocycles. The summed E-state index contributed by atoms with van der Waals surface area (Å²) in [7, 11) is 0. The summed E-state index contributed by atoms with van der Waals surface area (Å²) in [5.41, 5.74) is -1.34. The second-order valence-electron chi connectivity index (χ2n) is 8.80. The summed E-state index contributed by atoms with van der Waals surface area (Å²) in [6.45, 7) is 17.7. The molecular formula is C20H38IN7O3. The minimum absolute atomic E-state index is 0. The van der Waals surface area contributed by atoms with Crippen molar-refractivity contribution in [2.45, 2.75) is 92.0 Å². The number of guanidine groups is 1. The van der Waals surface area contributed by atoms with E-state index in [4.69, 9.17) is 9.47 Å². The number of carbonyl (C=O) groups is 1. The Labute approximate surface area is 202 Å². The lowest BCUT2D eigenvalue weighted by Crippen LogP contribution is -2.54. The van der Waals surface area contributed by atoms with E-state index in [2.05, 4.69) is 25.8 Å². The van der Waals surface area contributed by atoms with Crippen molar-refractivity contribution in [2.24, 2.45) is 4.99 Å². The molecule has 0 aliphatic carbocycles. The number of ether oxygens (including phenoxy) is 2. The third kappa shape index (κ3) is 7.48. The molecule has 0 bridgehead atoms. The second kappa shape index (κ2) is 11.3. The van der Waals surface area contributed by atoms with Crippen molar-refractivity contribution < 1.29 is 14.3 Å². The number of rotatable bonds is 6. The number of carbonyl (C=O) groups excluding carboxylic acids is 1. The highest BCUT2D eigenvalue weighted by Gasteiger charge is 2.49. The first-order valence-electron chi connectivity index (χ1n) is 10.6. The number of nitrogens with zero attached hydrogens (tertiary/aromatic N) is 5. The van der Waals surface area contributed by atoms with E-state index in [0.29, 0.717) is 25.6 Å². The molecule has 2 heterocycles. The van der Waals surface area contributed by atoms with Gasteiger partial charge in [0, 0.05) is 19.6 Å². The summed E-state index contributed by atoms with van der Waals surface area (Å²) in [5, 5.41) is 14.6. The highest BCUT2D eigenvalue weighted by Crippen LogP contribution is 2.33. The maximum Gasteiger partial charge on any atom is 0.412 e. The number of hydrogen-bond donors (Lipinski definition) is 2. The van der Waals surface area contributed by atoms with Crippen molar-refractivity contribution in [1.29, 1.82) is 0 Å². The van der Waals surface area contributed by atoms with Crippen LogP contribution >= 0.6 is 24.0 Å². The fourth-order valence-electron chi connectivity index (χ4n) is 3.48. The lowest BCUT2D eigenvalue weighted by atomic mass is 10.1. The van der Waals surface area contributed by atoms with Crippen LogP contribution in [0.25, 0.3) is 0 Å². The van der Waals surface area contributed by atoms with Crippen molar-refractivity contribution in [3.8, 4) is 0 Å². The van der Waals surface area contributed by atoms with Crippen LogP contribution < -0.4 is 10.6 Å². The fraction of sp³-hybridized carbons (Fsp3) is 0.800.